The SMILES string of the molecule is NC1C2CCCOC2C1Nc1ncccc1Cl. The van der Waals surface area contributed by atoms with E-state index < -0.39 is 0 Å². The molecule has 2 fully saturated rings. The van der Waals surface area contributed by atoms with E-state index in [-0.39, 0.29) is 18.2 Å². The predicted molar refractivity (Wildman–Crippen MR) is 67.1 cm³/mol. The number of halogens is 1. The van der Waals surface area contributed by atoms with Gasteiger partial charge in [-0.2, -0.15) is 0 Å². The maximum Gasteiger partial charge on any atom is 0.145 e. The first-order valence-corrected chi connectivity index (χ1v) is 6.39. The normalized spacial score (nSPS) is 35.9. The summed E-state index contributed by atoms with van der Waals surface area (Å²) in [6, 6.07) is 3.90. The van der Waals surface area contributed by atoms with Gasteiger partial charge in [-0.3, -0.25) is 0 Å². The highest BCUT2D eigenvalue weighted by Crippen LogP contribution is 2.38. The maximum atomic E-state index is 6.16. The Bertz CT molecular complexity index is 414. The average molecular weight is 254 g/mol. The molecule has 4 atom stereocenters. The highest BCUT2D eigenvalue weighted by atomic mass is 35.5. The molecule has 3 N–H and O–H groups in total. The van der Waals surface area contributed by atoms with E-state index in [1.54, 1.807) is 6.20 Å². The van der Waals surface area contributed by atoms with E-state index in [0.29, 0.717) is 16.8 Å². The number of anilines is 1. The minimum atomic E-state index is 0.132. The fourth-order valence-corrected chi connectivity index (χ4v) is 2.95. The Labute approximate surface area is 106 Å². The molecule has 2 aliphatic rings. The molecule has 1 saturated heterocycles. The smallest absolute Gasteiger partial charge is 0.145 e. The van der Waals surface area contributed by atoms with Crippen molar-refractivity contribution in [3.63, 3.8) is 0 Å². The van der Waals surface area contributed by atoms with Crippen molar-refractivity contribution < 1.29 is 4.74 Å². The Hall–Kier alpha value is -0.840. The molecule has 2 heterocycles. The third-order valence-corrected chi connectivity index (χ3v) is 4.04. The fourth-order valence-electron chi connectivity index (χ4n) is 2.78. The summed E-state index contributed by atoms with van der Waals surface area (Å²) in [5, 5.41) is 3.93. The largest absolute Gasteiger partial charge is 0.376 e. The first-order valence-electron chi connectivity index (χ1n) is 6.01. The topological polar surface area (TPSA) is 60.2 Å². The highest BCUT2D eigenvalue weighted by molar-refractivity contribution is 6.32. The summed E-state index contributed by atoms with van der Waals surface area (Å²) >= 11 is 6.07. The highest BCUT2D eigenvalue weighted by Gasteiger charge is 2.50. The molecule has 1 aliphatic heterocycles. The van der Waals surface area contributed by atoms with Gasteiger partial charge in [0.05, 0.1) is 17.2 Å². The lowest BCUT2D eigenvalue weighted by Gasteiger charge is -2.52. The molecule has 1 aromatic heterocycles. The van der Waals surface area contributed by atoms with E-state index in [9.17, 15) is 0 Å². The molecule has 0 radical (unpaired) electrons. The van der Waals surface area contributed by atoms with Crippen LogP contribution >= 0.6 is 11.6 Å². The van der Waals surface area contributed by atoms with Gasteiger partial charge in [-0.05, 0) is 25.0 Å². The zero-order chi connectivity index (χ0) is 11.8. The third-order valence-electron chi connectivity index (χ3n) is 3.74. The van der Waals surface area contributed by atoms with Crippen molar-refractivity contribution in [2.45, 2.75) is 31.0 Å². The lowest BCUT2D eigenvalue weighted by Crippen LogP contribution is -2.69. The van der Waals surface area contributed by atoms with E-state index in [0.717, 1.165) is 13.0 Å². The van der Waals surface area contributed by atoms with Gasteiger partial charge in [0.1, 0.15) is 5.82 Å². The minimum absolute atomic E-state index is 0.132. The third kappa shape index (κ3) is 1.90. The molecule has 1 aromatic rings. The van der Waals surface area contributed by atoms with Gasteiger partial charge in [0, 0.05) is 24.8 Å². The predicted octanol–water partition coefficient (Wildman–Crippen LogP) is 1.65. The number of aromatic nitrogens is 1. The molecule has 1 aliphatic carbocycles. The van der Waals surface area contributed by atoms with Crippen LogP contribution in [0.2, 0.25) is 5.02 Å². The first kappa shape index (κ1) is 11.3. The summed E-state index contributed by atoms with van der Waals surface area (Å²) in [6.45, 7) is 0.835. The summed E-state index contributed by atoms with van der Waals surface area (Å²) < 4.78 is 5.76. The van der Waals surface area contributed by atoms with Crippen LogP contribution in [0.15, 0.2) is 18.3 Å². The quantitative estimate of drug-likeness (QED) is 0.842. The Morgan fingerprint density at radius 2 is 2.41 bits per heavy atom. The van der Waals surface area contributed by atoms with Crippen molar-refractivity contribution in [3.8, 4) is 0 Å². The van der Waals surface area contributed by atoms with Crippen LogP contribution in [0, 0.1) is 5.92 Å². The number of nitrogens with two attached hydrogens (primary N) is 1. The zero-order valence-electron chi connectivity index (χ0n) is 9.47. The Morgan fingerprint density at radius 3 is 3.24 bits per heavy atom. The molecule has 5 heteroatoms. The van der Waals surface area contributed by atoms with Gasteiger partial charge in [0.15, 0.2) is 0 Å². The number of pyridine rings is 1. The van der Waals surface area contributed by atoms with Gasteiger partial charge in [-0.15, -0.1) is 0 Å². The molecule has 0 bridgehead atoms. The minimum Gasteiger partial charge on any atom is -0.376 e. The van der Waals surface area contributed by atoms with Gasteiger partial charge >= 0.3 is 0 Å². The van der Waals surface area contributed by atoms with Crippen molar-refractivity contribution in [3.05, 3.63) is 23.4 Å². The van der Waals surface area contributed by atoms with Crippen LogP contribution in [0.3, 0.4) is 0 Å². The van der Waals surface area contributed by atoms with Crippen LogP contribution in [0.4, 0.5) is 5.82 Å². The standard InChI is InChI=1S/C12H16ClN3O/c13-8-4-1-5-15-12(8)16-10-9(14)7-3-2-6-17-11(7)10/h1,4-5,7,9-11H,2-3,6,14H2,(H,15,16). The van der Waals surface area contributed by atoms with Gasteiger partial charge in [-0.25, -0.2) is 4.98 Å². The Morgan fingerprint density at radius 1 is 1.53 bits per heavy atom. The fraction of sp³-hybridized carbons (Fsp3) is 0.583. The van der Waals surface area contributed by atoms with Crippen molar-refractivity contribution in [2.75, 3.05) is 11.9 Å². The van der Waals surface area contributed by atoms with Crippen LogP contribution in [-0.4, -0.2) is 29.8 Å². The van der Waals surface area contributed by atoms with Crippen LogP contribution in [0.1, 0.15) is 12.8 Å². The second-order valence-corrected chi connectivity index (χ2v) is 5.13. The van der Waals surface area contributed by atoms with Crippen LogP contribution in [-0.2, 0) is 4.74 Å². The number of nitrogens with zero attached hydrogens (tertiary/aromatic N) is 1. The summed E-state index contributed by atoms with van der Waals surface area (Å²) in [7, 11) is 0. The van der Waals surface area contributed by atoms with Crippen molar-refractivity contribution in [1.82, 2.24) is 4.98 Å². The molecule has 92 valence electrons. The van der Waals surface area contributed by atoms with Gasteiger partial charge in [0.25, 0.3) is 0 Å². The summed E-state index contributed by atoms with van der Waals surface area (Å²) in [5.41, 5.74) is 6.16. The molecule has 0 amide bonds. The maximum absolute atomic E-state index is 6.16. The monoisotopic (exact) mass is 253 g/mol. The van der Waals surface area contributed by atoms with Crippen molar-refractivity contribution >= 4 is 17.4 Å². The average Bonchev–Trinajstić information content (AvgIpc) is 2.37. The van der Waals surface area contributed by atoms with E-state index >= 15 is 0 Å². The molecule has 0 aromatic carbocycles. The molecule has 4 nitrogen and oxygen atoms in total. The Balaban J connectivity index is 1.72. The molecule has 3 rings (SSSR count). The Kier molecular flexibility index (Phi) is 2.94. The van der Waals surface area contributed by atoms with Gasteiger partial charge in [-0.1, -0.05) is 11.6 Å². The van der Waals surface area contributed by atoms with Crippen LogP contribution < -0.4 is 11.1 Å². The number of hydrogen-bond acceptors (Lipinski definition) is 4. The molecule has 0 spiro atoms. The summed E-state index contributed by atoms with van der Waals surface area (Å²) in [5.74, 6) is 1.19. The van der Waals surface area contributed by atoms with E-state index in [1.165, 1.54) is 6.42 Å². The van der Waals surface area contributed by atoms with E-state index in [2.05, 4.69) is 10.3 Å². The number of fused-ring (bicyclic) bond motifs is 1. The zero-order valence-corrected chi connectivity index (χ0v) is 10.2. The molecule has 4 unspecified atom stereocenters. The van der Waals surface area contributed by atoms with Crippen molar-refractivity contribution in [1.29, 1.82) is 0 Å². The number of nitrogens with one attached hydrogen (secondary N) is 1. The van der Waals surface area contributed by atoms with E-state index in [4.69, 9.17) is 22.1 Å². The molecule has 1 saturated carbocycles. The molecular formula is C12H16ClN3O. The second kappa shape index (κ2) is 4.44. The number of rotatable bonds is 2. The number of hydrogen-bond donors (Lipinski definition) is 2. The second-order valence-electron chi connectivity index (χ2n) is 4.72. The summed E-state index contributed by atoms with van der Waals surface area (Å²) in [6.07, 6.45) is 4.22. The van der Waals surface area contributed by atoms with E-state index in [1.807, 2.05) is 12.1 Å². The van der Waals surface area contributed by atoms with Crippen molar-refractivity contribution in [2.24, 2.45) is 11.7 Å². The number of ether oxygens (including phenoxy) is 1. The lowest BCUT2D eigenvalue weighted by molar-refractivity contribution is -0.104. The van der Waals surface area contributed by atoms with Crippen LogP contribution in [0.5, 0.6) is 0 Å². The lowest BCUT2D eigenvalue weighted by atomic mass is 9.68. The van der Waals surface area contributed by atoms with Gasteiger partial charge in [0.2, 0.25) is 0 Å². The molecular weight excluding hydrogens is 238 g/mol. The van der Waals surface area contributed by atoms with Crippen LogP contribution in [0.25, 0.3) is 0 Å². The molecule has 17 heavy (non-hydrogen) atoms. The first-order chi connectivity index (χ1) is 8.27. The summed E-state index contributed by atoms with van der Waals surface area (Å²) in [4.78, 5) is 4.22. The van der Waals surface area contributed by atoms with Gasteiger partial charge < -0.3 is 15.8 Å².